The first kappa shape index (κ1) is 21.3. The zero-order chi connectivity index (χ0) is 22.7. The van der Waals surface area contributed by atoms with Gasteiger partial charge in [0.25, 0.3) is 5.91 Å². The lowest BCUT2D eigenvalue weighted by Crippen LogP contribution is -2.46. The summed E-state index contributed by atoms with van der Waals surface area (Å²) >= 11 is 1.70. The van der Waals surface area contributed by atoms with Gasteiger partial charge in [0.1, 0.15) is 5.69 Å². The highest BCUT2D eigenvalue weighted by molar-refractivity contribution is 7.12. The highest BCUT2D eigenvalue weighted by Crippen LogP contribution is 2.46. The molecular formula is C26H29N3O2S. The van der Waals surface area contributed by atoms with Gasteiger partial charge < -0.3 is 4.90 Å². The quantitative estimate of drug-likeness (QED) is 0.505. The third-order valence-corrected chi connectivity index (χ3v) is 8.41. The van der Waals surface area contributed by atoms with Crippen LogP contribution in [-0.4, -0.2) is 39.6 Å². The Morgan fingerprint density at radius 2 is 1.91 bits per heavy atom. The summed E-state index contributed by atoms with van der Waals surface area (Å²) in [5, 5.41) is 2.04. The van der Waals surface area contributed by atoms with Crippen LogP contribution in [0.5, 0.6) is 0 Å². The van der Waals surface area contributed by atoms with Crippen molar-refractivity contribution in [2.24, 2.45) is 5.41 Å². The van der Waals surface area contributed by atoms with Crippen molar-refractivity contribution in [3.8, 4) is 0 Å². The third-order valence-electron chi connectivity index (χ3n) is 6.93. The molecule has 1 amide bonds. The number of aryl methyl sites for hydroxylation is 1. The number of thiazole rings is 1. The van der Waals surface area contributed by atoms with E-state index in [0.29, 0.717) is 25.2 Å². The van der Waals surface area contributed by atoms with Crippen molar-refractivity contribution >= 4 is 33.9 Å². The van der Waals surface area contributed by atoms with Crippen LogP contribution in [0, 0.1) is 12.3 Å². The molecule has 0 N–H and O–H groups in total. The van der Waals surface area contributed by atoms with Gasteiger partial charge in [-0.05, 0) is 55.4 Å². The average Bonchev–Trinajstić information content (AvgIpc) is 3.19. The van der Waals surface area contributed by atoms with E-state index in [9.17, 15) is 9.59 Å². The molecule has 3 heterocycles. The molecule has 0 unspecified atom stereocenters. The molecular weight excluding hydrogens is 418 g/mol. The van der Waals surface area contributed by atoms with E-state index in [2.05, 4.69) is 25.8 Å². The summed E-state index contributed by atoms with van der Waals surface area (Å²) in [4.78, 5) is 38.5. The highest BCUT2D eigenvalue weighted by Gasteiger charge is 2.43. The standard InChI is InChI=1S/C26H29N3O2S/c1-16-12-18(13-17-6-5-9-27-21(16)17)23(31)29-10-7-26(8-11-29)14-19(30)22-20(15-26)32-24(28-22)25(2,3)4/h5-6,9,12-13H,7-8,10-11,14-15H2,1-4H3. The smallest absolute Gasteiger partial charge is 0.253 e. The summed E-state index contributed by atoms with van der Waals surface area (Å²) in [5.41, 5.74) is 3.30. The van der Waals surface area contributed by atoms with Gasteiger partial charge in [-0.1, -0.05) is 26.8 Å². The number of hydrogen-bond donors (Lipinski definition) is 0. The minimum absolute atomic E-state index is 0.0359. The second kappa shape index (κ2) is 7.48. The first-order valence-electron chi connectivity index (χ1n) is 11.3. The molecule has 2 aliphatic rings. The van der Waals surface area contributed by atoms with Gasteiger partial charge in [0.05, 0.1) is 10.5 Å². The summed E-state index contributed by atoms with van der Waals surface area (Å²) in [5.74, 6) is 0.250. The topological polar surface area (TPSA) is 63.2 Å². The van der Waals surface area contributed by atoms with Crippen LogP contribution in [0.3, 0.4) is 0 Å². The number of rotatable bonds is 1. The molecule has 0 saturated carbocycles. The predicted molar refractivity (Wildman–Crippen MR) is 128 cm³/mol. The Morgan fingerprint density at radius 3 is 2.62 bits per heavy atom. The number of aromatic nitrogens is 2. The number of piperidine rings is 1. The molecule has 0 radical (unpaired) electrons. The van der Waals surface area contributed by atoms with Gasteiger partial charge in [-0.25, -0.2) is 4.98 Å². The van der Waals surface area contributed by atoms with Crippen LogP contribution >= 0.6 is 11.3 Å². The van der Waals surface area contributed by atoms with Crippen molar-refractivity contribution in [1.29, 1.82) is 0 Å². The molecule has 166 valence electrons. The van der Waals surface area contributed by atoms with E-state index in [-0.39, 0.29) is 22.5 Å². The van der Waals surface area contributed by atoms with Gasteiger partial charge in [0, 0.05) is 46.9 Å². The lowest BCUT2D eigenvalue weighted by Gasteiger charge is -2.43. The Balaban J connectivity index is 1.33. The molecule has 32 heavy (non-hydrogen) atoms. The first-order chi connectivity index (χ1) is 15.2. The van der Waals surface area contributed by atoms with Gasteiger partial charge in [0.15, 0.2) is 5.78 Å². The first-order valence-corrected chi connectivity index (χ1v) is 12.1. The molecule has 1 aliphatic heterocycles. The molecule has 1 saturated heterocycles. The number of pyridine rings is 1. The molecule has 1 aromatic carbocycles. The summed E-state index contributed by atoms with van der Waals surface area (Å²) in [7, 11) is 0. The third kappa shape index (κ3) is 3.64. The molecule has 0 bridgehead atoms. The van der Waals surface area contributed by atoms with Gasteiger partial charge in [-0.3, -0.25) is 14.6 Å². The zero-order valence-electron chi connectivity index (χ0n) is 19.2. The summed E-state index contributed by atoms with van der Waals surface area (Å²) < 4.78 is 0. The van der Waals surface area contributed by atoms with Crippen molar-refractivity contribution in [2.45, 2.75) is 58.8 Å². The largest absolute Gasteiger partial charge is 0.339 e. The molecule has 1 spiro atoms. The summed E-state index contributed by atoms with van der Waals surface area (Å²) in [6.07, 6.45) is 4.97. The second-order valence-corrected chi connectivity index (χ2v) is 11.6. The molecule has 0 atom stereocenters. The molecule has 5 nitrogen and oxygen atoms in total. The maximum absolute atomic E-state index is 13.3. The maximum Gasteiger partial charge on any atom is 0.253 e. The Kier molecular flexibility index (Phi) is 4.97. The number of fused-ring (bicyclic) bond motifs is 2. The number of Topliss-reactive ketones (excluding diaryl/α,β-unsaturated/α-hetero) is 1. The van der Waals surface area contributed by atoms with Gasteiger partial charge in [-0.2, -0.15) is 0 Å². The minimum atomic E-state index is -0.0429. The van der Waals surface area contributed by atoms with Crippen molar-refractivity contribution in [3.05, 3.63) is 57.2 Å². The van der Waals surface area contributed by atoms with Crippen molar-refractivity contribution in [1.82, 2.24) is 14.9 Å². The number of amides is 1. The van der Waals surface area contributed by atoms with Gasteiger partial charge in [-0.15, -0.1) is 11.3 Å². The Labute approximate surface area is 192 Å². The van der Waals surface area contributed by atoms with Gasteiger partial charge >= 0.3 is 0 Å². The second-order valence-electron chi connectivity index (χ2n) is 10.5. The fourth-order valence-corrected chi connectivity index (χ4v) is 6.37. The molecule has 2 aromatic heterocycles. The SMILES string of the molecule is Cc1cc(C(=O)N2CCC3(CC2)CC(=O)c2nc(C(C)(C)C)sc2C3)cc2cccnc12. The van der Waals surface area contributed by atoms with Crippen LogP contribution in [0.1, 0.15) is 76.3 Å². The normalized spacial score (nSPS) is 18.2. The van der Waals surface area contributed by atoms with E-state index in [1.54, 1.807) is 17.5 Å². The fourth-order valence-electron chi connectivity index (χ4n) is 5.06. The van der Waals surface area contributed by atoms with E-state index in [0.717, 1.165) is 51.2 Å². The average molecular weight is 448 g/mol. The van der Waals surface area contributed by atoms with E-state index in [1.165, 1.54) is 0 Å². The molecule has 6 heteroatoms. The lowest BCUT2D eigenvalue weighted by atomic mass is 9.68. The van der Waals surface area contributed by atoms with E-state index in [4.69, 9.17) is 4.98 Å². The zero-order valence-corrected chi connectivity index (χ0v) is 20.0. The Hall–Kier alpha value is -2.60. The van der Waals surface area contributed by atoms with Crippen molar-refractivity contribution in [3.63, 3.8) is 0 Å². The number of carbonyl (C=O) groups is 2. The minimum Gasteiger partial charge on any atom is -0.339 e. The van der Waals surface area contributed by atoms with E-state index in [1.807, 2.05) is 36.1 Å². The fraction of sp³-hybridized carbons (Fsp3) is 0.462. The van der Waals surface area contributed by atoms with E-state index < -0.39 is 0 Å². The number of ketones is 1. The maximum atomic E-state index is 13.3. The molecule has 1 aliphatic carbocycles. The summed E-state index contributed by atoms with van der Waals surface area (Å²) in [6, 6.07) is 7.80. The number of carbonyl (C=O) groups excluding carboxylic acids is 2. The molecule has 1 fully saturated rings. The van der Waals surface area contributed by atoms with Gasteiger partial charge in [0.2, 0.25) is 0 Å². The van der Waals surface area contributed by atoms with Crippen LogP contribution in [0.2, 0.25) is 0 Å². The number of nitrogens with zero attached hydrogens (tertiary/aromatic N) is 3. The van der Waals surface area contributed by atoms with Crippen LogP contribution in [0.4, 0.5) is 0 Å². The van der Waals surface area contributed by atoms with Crippen LogP contribution < -0.4 is 0 Å². The van der Waals surface area contributed by atoms with Crippen LogP contribution in [0.25, 0.3) is 10.9 Å². The Morgan fingerprint density at radius 1 is 1.16 bits per heavy atom. The van der Waals surface area contributed by atoms with Crippen molar-refractivity contribution in [2.75, 3.05) is 13.1 Å². The molecule has 5 rings (SSSR count). The van der Waals surface area contributed by atoms with E-state index >= 15 is 0 Å². The van der Waals surface area contributed by atoms with Crippen LogP contribution in [0.15, 0.2) is 30.5 Å². The lowest BCUT2D eigenvalue weighted by molar-refractivity contribution is 0.0522. The number of hydrogen-bond acceptors (Lipinski definition) is 5. The number of benzene rings is 1. The highest BCUT2D eigenvalue weighted by atomic mass is 32.1. The summed E-state index contributed by atoms with van der Waals surface area (Å²) in [6.45, 7) is 9.82. The van der Waals surface area contributed by atoms with Crippen LogP contribution in [-0.2, 0) is 11.8 Å². The monoisotopic (exact) mass is 447 g/mol. The number of likely N-dealkylation sites (tertiary alicyclic amines) is 1. The molecule has 3 aromatic rings. The predicted octanol–water partition coefficient (Wildman–Crippen LogP) is 5.35. The Bertz CT molecular complexity index is 1230. The van der Waals surface area contributed by atoms with Crippen molar-refractivity contribution < 1.29 is 9.59 Å².